The average Bonchev–Trinajstić information content (AvgIpc) is 2.53. The molecule has 1 heterocycles. The smallest absolute Gasteiger partial charge is 0.325 e. The molecular weight excluding hydrogens is 180 g/mol. The van der Waals surface area contributed by atoms with Gasteiger partial charge in [-0.1, -0.05) is 20.8 Å². The Hall–Kier alpha value is -1.06. The highest BCUT2D eigenvalue weighted by Crippen LogP contribution is 2.29. The van der Waals surface area contributed by atoms with Gasteiger partial charge in [0, 0.05) is 0 Å². The number of hydrogen-bond donors (Lipinski definition) is 1. The molecule has 0 saturated carbocycles. The lowest BCUT2D eigenvalue weighted by Gasteiger charge is -2.37. The van der Waals surface area contributed by atoms with E-state index in [2.05, 4.69) is 5.32 Å². The minimum absolute atomic E-state index is 0.0967. The number of urea groups is 1. The lowest BCUT2D eigenvalue weighted by Crippen LogP contribution is -2.51. The molecule has 1 saturated heterocycles. The summed E-state index contributed by atoms with van der Waals surface area (Å²) in [5.74, 6) is -0.0967. The van der Waals surface area contributed by atoms with E-state index in [1.54, 1.807) is 0 Å². The summed E-state index contributed by atoms with van der Waals surface area (Å²) in [6, 6.07) is -0.236. The monoisotopic (exact) mass is 198 g/mol. The van der Waals surface area contributed by atoms with Gasteiger partial charge >= 0.3 is 6.03 Å². The first-order chi connectivity index (χ1) is 6.61. The zero-order valence-electron chi connectivity index (χ0n) is 9.09. The van der Waals surface area contributed by atoms with Crippen LogP contribution < -0.4 is 5.32 Å². The summed E-state index contributed by atoms with van der Waals surface area (Å²) >= 11 is 0. The van der Waals surface area contributed by atoms with Gasteiger partial charge in [-0.05, 0) is 19.3 Å². The fraction of sp³-hybridized carbons (Fsp3) is 0.800. The first kappa shape index (κ1) is 11.0. The molecule has 14 heavy (non-hydrogen) atoms. The molecule has 0 unspecified atom stereocenters. The van der Waals surface area contributed by atoms with Crippen molar-refractivity contribution in [1.29, 1.82) is 0 Å². The molecule has 0 bridgehead atoms. The third-order valence-electron chi connectivity index (χ3n) is 3.29. The van der Waals surface area contributed by atoms with Gasteiger partial charge in [-0.3, -0.25) is 9.69 Å². The molecule has 1 rings (SSSR count). The van der Waals surface area contributed by atoms with E-state index >= 15 is 0 Å². The van der Waals surface area contributed by atoms with Crippen LogP contribution in [0.3, 0.4) is 0 Å². The van der Waals surface area contributed by atoms with Gasteiger partial charge in [0.2, 0.25) is 0 Å². The van der Waals surface area contributed by atoms with E-state index in [1.807, 2.05) is 20.8 Å². The van der Waals surface area contributed by atoms with E-state index in [1.165, 1.54) is 4.90 Å². The molecule has 1 aliphatic heterocycles. The lowest BCUT2D eigenvalue weighted by atomic mass is 9.88. The number of rotatable bonds is 4. The van der Waals surface area contributed by atoms with E-state index in [4.69, 9.17) is 0 Å². The van der Waals surface area contributed by atoms with Gasteiger partial charge in [0.25, 0.3) is 5.91 Å². The summed E-state index contributed by atoms with van der Waals surface area (Å²) in [6.45, 7) is 6.21. The number of nitrogens with zero attached hydrogens (tertiary/aromatic N) is 1. The number of imide groups is 1. The molecule has 0 aromatic rings. The van der Waals surface area contributed by atoms with Crippen LogP contribution in [0.15, 0.2) is 0 Å². The Labute approximate surface area is 84.7 Å². The number of carbonyl (C=O) groups excluding carboxylic acids is 2. The van der Waals surface area contributed by atoms with E-state index in [9.17, 15) is 9.59 Å². The van der Waals surface area contributed by atoms with Crippen molar-refractivity contribution >= 4 is 11.9 Å². The van der Waals surface area contributed by atoms with E-state index < -0.39 is 0 Å². The Balaban J connectivity index is 2.97. The molecule has 0 spiro atoms. The van der Waals surface area contributed by atoms with Crippen molar-refractivity contribution in [3.63, 3.8) is 0 Å². The summed E-state index contributed by atoms with van der Waals surface area (Å²) in [7, 11) is 0. The second-order valence-corrected chi connectivity index (χ2v) is 3.67. The fourth-order valence-electron chi connectivity index (χ4n) is 2.13. The summed E-state index contributed by atoms with van der Waals surface area (Å²) in [4.78, 5) is 24.5. The lowest BCUT2D eigenvalue weighted by molar-refractivity contribution is -0.129. The van der Waals surface area contributed by atoms with Gasteiger partial charge in [-0.15, -0.1) is 0 Å². The average molecular weight is 198 g/mol. The van der Waals surface area contributed by atoms with Gasteiger partial charge in [-0.2, -0.15) is 0 Å². The standard InChI is InChI=1S/C10H18N2O2/c1-4-10(5-2,6-3)12-8(13)7-11-9(12)14/h4-7H2,1-3H3,(H,11,14). The highest BCUT2D eigenvalue weighted by molar-refractivity contribution is 6.02. The molecule has 0 radical (unpaired) electrons. The largest absolute Gasteiger partial charge is 0.329 e. The first-order valence-corrected chi connectivity index (χ1v) is 5.22. The predicted octanol–water partition coefficient (Wildman–Crippen LogP) is 1.51. The van der Waals surface area contributed by atoms with Crippen molar-refractivity contribution in [1.82, 2.24) is 10.2 Å². The van der Waals surface area contributed by atoms with Gasteiger partial charge < -0.3 is 5.32 Å². The quantitative estimate of drug-likeness (QED) is 0.696. The van der Waals surface area contributed by atoms with Crippen LogP contribution in [0, 0.1) is 0 Å². The molecule has 1 fully saturated rings. The maximum absolute atomic E-state index is 11.6. The molecule has 0 atom stereocenters. The van der Waals surface area contributed by atoms with Gasteiger partial charge in [0.05, 0.1) is 12.1 Å². The van der Waals surface area contributed by atoms with Crippen molar-refractivity contribution in [2.45, 2.75) is 45.6 Å². The van der Waals surface area contributed by atoms with Crippen LogP contribution in [0.2, 0.25) is 0 Å². The Morgan fingerprint density at radius 3 is 2.00 bits per heavy atom. The van der Waals surface area contributed by atoms with Gasteiger partial charge in [0.15, 0.2) is 0 Å². The van der Waals surface area contributed by atoms with Crippen LogP contribution in [0.5, 0.6) is 0 Å². The summed E-state index contributed by atoms with van der Waals surface area (Å²) < 4.78 is 0. The van der Waals surface area contributed by atoms with Crippen LogP contribution in [0.25, 0.3) is 0 Å². The molecule has 0 aromatic heterocycles. The minimum atomic E-state index is -0.280. The van der Waals surface area contributed by atoms with E-state index in [0.717, 1.165) is 19.3 Å². The number of hydrogen-bond acceptors (Lipinski definition) is 2. The molecule has 1 N–H and O–H groups in total. The maximum atomic E-state index is 11.6. The van der Waals surface area contributed by atoms with Gasteiger partial charge in [0.1, 0.15) is 0 Å². The first-order valence-electron chi connectivity index (χ1n) is 5.22. The molecule has 0 aromatic carbocycles. The van der Waals surface area contributed by atoms with Crippen LogP contribution in [0.1, 0.15) is 40.0 Å². The maximum Gasteiger partial charge on any atom is 0.325 e. The van der Waals surface area contributed by atoms with Crippen LogP contribution in [-0.4, -0.2) is 28.9 Å². The molecular formula is C10H18N2O2. The Kier molecular flexibility index (Phi) is 3.13. The Bertz CT molecular complexity index is 222. The Morgan fingerprint density at radius 1 is 1.21 bits per heavy atom. The summed E-state index contributed by atoms with van der Waals surface area (Å²) in [5.41, 5.74) is -0.280. The second-order valence-electron chi connectivity index (χ2n) is 3.67. The predicted molar refractivity (Wildman–Crippen MR) is 53.8 cm³/mol. The van der Waals surface area contributed by atoms with Gasteiger partial charge in [-0.25, -0.2) is 4.79 Å². The fourth-order valence-corrected chi connectivity index (χ4v) is 2.13. The summed E-state index contributed by atoms with van der Waals surface area (Å²) in [5, 5.41) is 2.57. The van der Waals surface area contributed by atoms with Crippen molar-refractivity contribution in [2.24, 2.45) is 0 Å². The van der Waals surface area contributed by atoms with Crippen LogP contribution in [-0.2, 0) is 4.79 Å². The normalized spacial score (nSPS) is 17.5. The Morgan fingerprint density at radius 2 is 1.71 bits per heavy atom. The van der Waals surface area contributed by atoms with Crippen molar-refractivity contribution < 1.29 is 9.59 Å². The highest BCUT2D eigenvalue weighted by atomic mass is 16.2. The minimum Gasteiger partial charge on any atom is -0.329 e. The third-order valence-corrected chi connectivity index (χ3v) is 3.29. The SMILES string of the molecule is CCC(CC)(CC)N1C(=O)CNC1=O. The second kappa shape index (κ2) is 3.98. The van der Waals surface area contributed by atoms with Crippen molar-refractivity contribution in [2.75, 3.05) is 6.54 Å². The van der Waals surface area contributed by atoms with Crippen molar-refractivity contribution in [3.8, 4) is 0 Å². The number of nitrogens with one attached hydrogen (secondary N) is 1. The zero-order chi connectivity index (χ0) is 10.8. The molecule has 0 aliphatic carbocycles. The molecule has 4 nitrogen and oxygen atoms in total. The summed E-state index contributed by atoms with van der Waals surface area (Å²) in [6.07, 6.45) is 2.46. The highest BCUT2D eigenvalue weighted by Gasteiger charge is 2.42. The molecule has 80 valence electrons. The third kappa shape index (κ3) is 1.49. The molecule has 1 aliphatic rings. The van der Waals surface area contributed by atoms with E-state index in [-0.39, 0.29) is 24.0 Å². The topological polar surface area (TPSA) is 49.4 Å². The molecule has 3 amide bonds. The number of carbonyl (C=O) groups is 2. The number of amides is 3. The van der Waals surface area contributed by atoms with Crippen LogP contribution >= 0.6 is 0 Å². The zero-order valence-corrected chi connectivity index (χ0v) is 9.09. The van der Waals surface area contributed by atoms with Crippen molar-refractivity contribution in [3.05, 3.63) is 0 Å². The molecule has 4 heteroatoms. The van der Waals surface area contributed by atoms with Crippen LogP contribution in [0.4, 0.5) is 4.79 Å². The van der Waals surface area contributed by atoms with E-state index in [0.29, 0.717) is 0 Å².